The number of fused-ring (bicyclic) bond motifs is 2. The topological polar surface area (TPSA) is 38.9 Å². The third kappa shape index (κ3) is 2.18. The molecular formula is C16H16N2S2. The van der Waals surface area contributed by atoms with Crippen molar-refractivity contribution in [3.8, 4) is 0 Å². The lowest BCUT2D eigenvalue weighted by Gasteiger charge is -2.06. The summed E-state index contributed by atoms with van der Waals surface area (Å²) >= 11 is 3.67. The minimum absolute atomic E-state index is 0.0890. The summed E-state index contributed by atoms with van der Waals surface area (Å²) in [7, 11) is 0. The van der Waals surface area contributed by atoms with Crippen LogP contribution in [0.3, 0.4) is 0 Å². The highest BCUT2D eigenvalue weighted by molar-refractivity contribution is 7.18. The van der Waals surface area contributed by atoms with Crippen LogP contribution in [0, 0.1) is 0 Å². The van der Waals surface area contributed by atoms with Crippen LogP contribution in [0.1, 0.15) is 32.8 Å². The Labute approximate surface area is 126 Å². The van der Waals surface area contributed by atoms with Crippen LogP contribution in [0.25, 0.3) is 10.2 Å². The highest BCUT2D eigenvalue weighted by atomic mass is 32.1. The van der Waals surface area contributed by atoms with Gasteiger partial charge in [-0.15, -0.1) is 22.7 Å². The quantitative estimate of drug-likeness (QED) is 0.791. The highest BCUT2D eigenvalue weighted by Crippen LogP contribution is 2.34. The molecule has 0 fully saturated rings. The van der Waals surface area contributed by atoms with Gasteiger partial charge in [0, 0.05) is 22.2 Å². The van der Waals surface area contributed by atoms with E-state index in [1.165, 1.54) is 34.4 Å². The van der Waals surface area contributed by atoms with Crippen molar-refractivity contribution in [3.05, 3.63) is 50.7 Å². The Balaban J connectivity index is 1.57. The molecule has 102 valence electrons. The number of aryl methyl sites for hydroxylation is 2. The Kier molecular flexibility index (Phi) is 3.10. The molecule has 2 N–H and O–H groups in total. The van der Waals surface area contributed by atoms with E-state index in [0.717, 1.165) is 16.9 Å². The number of aromatic nitrogens is 1. The molecule has 0 amide bonds. The SMILES string of the molecule is NC(Cc1nc2ccccc2s1)c1cc2c(s1)CCC2. The van der Waals surface area contributed by atoms with E-state index in [-0.39, 0.29) is 6.04 Å². The fourth-order valence-electron chi connectivity index (χ4n) is 2.83. The van der Waals surface area contributed by atoms with Crippen molar-refractivity contribution in [2.24, 2.45) is 5.73 Å². The number of hydrogen-bond donors (Lipinski definition) is 1. The van der Waals surface area contributed by atoms with Crippen LogP contribution < -0.4 is 5.73 Å². The molecule has 2 aromatic heterocycles. The van der Waals surface area contributed by atoms with Gasteiger partial charge in [-0.1, -0.05) is 12.1 Å². The largest absolute Gasteiger partial charge is 0.323 e. The Morgan fingerprint density at radius 1 is 1.20 bits per heavy atom. The summed E-state index contributed by atoms with van der Waals surface area (Å²) in [5.41, 5.74) is 9.01. The summed E-state index contributed by atoms with van der Waals surface area (Å²) in [6.07, 6.45) is 4.64. The average molecular weight is 300 g/mol. The van der Waals surface area contributed by atoms with Crippen molar-refractivity contribution in [1.29, 1.82) is 0 Å². The van der Waals surface area contributed by atoms with E-state index in [1.807, 2.05) is 17.4 Å². The molecule has 1 aliphatic carbocycles. The predicted octanol–water partition coefficient (Wildman–Crippen LogP) is 4.09. The summed E-state index contributed by atoms with van der Waals surface area (Å²) in [5, 5.41) is 1.15. The third-order valence-corrected chi connectivity index (χ3v) is 6.29. The maximum atomic E-state index is 6.39. The van der Waals surface area contributed by atoms with Crippen molar-refractivity contribution in [2.75, 3.05) is 0 Å². The first kappa shape index (κ1) is 12.5. The lowest BCUT2D eigenvalue weighted by Crippen LogP contribution is -2.11. The fourth-order valence-corrected chi connectivity index (χ4v) is 5.12. The Hall–Kier alpha value is -1.23. The Bertz CT molecular complexity index is 702. The molecule has 3 aromatic rings. The van der Waals surface area contributed by atoms with E-state index < -0.39 is 0 Å². The third-order valence-electron chi connectivity index (χ3n) is 3.86. The number of thiazole rings is 1. The van der Waals surface area contributed by atoms with Crippen LogP contribution >= 0.6 is 22.7 Å². The number of thiophene rings is 1. The molecular weight excluding hydrogens is 284 g/mol. The lowest BCUT2D eigenvalue weighted by atomic mass is 10.1. The number of nitrogens with zero attached hydrogens (tertiary/aromatic N) is 1. The number of benzene rings is 1. The van der Waals surface area contributed by atoms with Gasteiger partial charge >= 0.3 is 0 Å². The molecule has 1 aromatic carbocycles. The summed E-state index contributed by atoms with van der Waals surface area (Å²) in [4.78, 5) is 7.57. The van der Waals surface area contributed by atoms with Crippen molar-refractivity contribution < 1.29 is 0 Å². The van der Waals surface area contributed by atoms with Gasteiger partial charge in [0.1, 0.15) is 0 Å². The molecule has 0 saturated heterocycles. The number of rotatable bonds is 3. The van der Waals surface area contributed by atoms with Gasteiger partial charge in [-0.05, 0) is 43.0 Å². The van der Waals surface area contributed by atoms with Gasteiger partial charge in [-0.25, -0.2) is 4.98 Å². The number of hydrogen-bond acceptors (Lipinski definition) is 4. The van der Waals surface area contributed by atoms with Gasteiger partial charge in [-0.3, -0.25) is 0 Å². The van der Waals surface area contributed by atoms with Gasteiger partial charge < -0.3 is 5.73 Å². The van der Waals surface area contributed by atoms with Crippen molar-refractivity contribution in [1.82, 2.24) is 4.98 Å². The molecule has 20 heavy (non-hydrogen) atoms. The maximum absolute atomic E-state index is 6.39. The van der Waals surface area contributed by atoms with E-state index in [4.69, 9.17) is 5.73 Å². The standard InChI is InChI=1S/C16H16N2S2/c17-11(15-8-10-4-3-7-13(10)19-15)9-16-18-12-5-1-2-6-14(12)20-16/h1-2,5-6,8,11H,3-4,7,9,17H2. The molecule has 0 bridgehead atoms. The van der Waals surface area contributed by atoms with E-state index in [0.29, 0.717) is 0 Å². The van der Waals surface area contributed by atoms with Gasteiger partial charge in [0.2, 0.25) is 0 Å². The summed E-state index contributed by atoms with van der Waals surface area (Å²) in [5.74, 6) is 0. The molecule has 1 unspecified atom stereocenters. The first-order chi connectivity index (χ1) is 9.79. The molecule has 2 nitrogen and oxygen atoms in total. The Morgan fingerprint density at radius 3 is 2.95 bits per heavy atom. The smallest absolute Gasteiger partial charge is 0.0957 e. The number of para-hydroxylation sites is 1. The van der Waals surface area contributed by atoms with Crippen LogP contribution in [0.15, 0.2) is 30.3 Å². The summed E-state index contributed by atoms with van der Waals surface area (Å²) < 4.78 is 1.25. The molecule has 0 saturated carbocycles. The van der Waals surface area contributed by atoms with E-state index in [2.05, 4.69) is 29.2 Å². The zero-order valence-electron chi connectivity index (χ0n) is 11.1. The minimum Gasteiger partial charge on any atom is -0.323 e. The van der Waals surface area contributed by atoms with E-state index >= 15 is 0 Å². The van der Waals surface area contributed by atoms with Crippen LogP contribution in [-0.2, 0) is 19.3 Å². The monoisotopic (exact) mass is 300 g/mol. The molecule has 0 radical (unpaired) electrons. The van der Waals surface area contributed by atoms with E-state index in [1.54, 1.807) is 16.2 Å². The van der Waals surface area contributed by atoms with Crippen molar-refractivity contribution >= 4 is 32.9 Å². The molecule has 4 rings (SSSR count). The van der Waals surface area contributed by atoms with Crippen LogP contribution in [0.2, 0.25) is 0 Å². The van der Waals surface area contributed by atoms with Crippen molar-refractivity contribution in [2.45, 2.75) is 31.7 Å². The van der Waals surface area contributed by atoms with Gasteiger partial charge in [0.05, 0.1) is 15.2 Å². The minimum atomic E-state index is 0.0890. The van der Waals surface area contributed by atoms with Gasteiger partial charge in [-0.2, -0.15) is 0 Å². The molecule has 0 aliphatic heterocycles. The second kappa shape index (κ2) is 4.95. The molecule has 1 atom stereocenters. The van der Waals surface area contributed by atoms with Crippen molar-refractivity contribution in [3.63, 3.8) is 0 Å². The average Bonchev–Trinajstić information content (AvgIpc) is 3.11. The van der Waals surface area contributed by atoms with Crippen LogP contribution in [0.4, 0.5) is 0 Å². The molecule has 4 heteroatoms. The van der Waals surface area contributed by atoms with Crippen LogP contribution in [-0.4, -0.2) is 4.98 Å². The molecule has 2 heterocycles. The Morgan fingerprint density at radius 2 is 2.10 bits per heavy atom. The van der Waals surface area contributed by atoms with Gasteiger partial charge in [0.15, 0.2) is 0 Å². The van der Waals surface area contributed by atoms with E-state index in [9.17, 15) is 0 Å². The zero-order chi connectivity index (χ0) is 13.5. The lowest BCUT2D eigenvalue weighted by molar-refractivity contribution is 0.732. The fraction of sp³-hybridized carbons (Fsp3) is 0.312. The molecule has 1 aliphatic rings. The number of nitrogens with two attached hydrogens (primary N) is 1. The zero-order valence-corrected chi connectivity index (χ0v) is 12.8. The second-order valence-corrected chi connectivity index (χ2v) is 7.62. The normalized spacial score (nSPS) is 15.7. The summed E-state index contributed by atoms with van der Waals surface area (Å²) in [6, 6.07) is 10.7. The van der Waals surface area contributed by atoms with Crippen LogP contribution in [0.5, 0.6) is 0 Å². The maximum Gasteiger partial charge on any atom is 0.0957 e. The molecule has 0 spiro atoms. The second-order valence-electron chi connectivity index (χ2n) is 5.34. The first-order valence-corrected chi connectivity index (χ1v) is 8.64. The summed E-state index contributed by atoms with van der Waals surface area (Å²) in [6.45, 7) is 0. The first-order valence-electron chi connectivity index (χ1n) is 7.01. The van der Waals surface area contributed by atoms with Gasteiger partial charge in [0.25, 0.3) is 0 Å². The predicted molar refractivity (Wildman–Crippen MR) is 86.6 cm³/mol. The highest BCUT2D eigenvalue weighted by Gasteiger charge is 2.19.